The molecule has 18 heavy (non-hydrogen) atoms. The fourth-order valence-electron chi connectivity index (χ4n) is 2.28. The third-order valence-electron chi connectivity index (χ3n) is 3.33. The van der Waals surface area contributed by atoms with Crippen LogP contribution in [-0.4, -0.2) is 25.5 Å². The van der Waals surface area contributed by atoms with Gasteiger partial charge < -0.3 is 10.2 Å². The summed E-state index contributed by atoms with van der Waals surface area (Å²) in [6, 6.07) is 5.74. The van der Waals surface area contributed by atoms with Gasteiger partial charge >= 0.3 is 0 Å². The fraction of sp³-hybridized carbons (Fsp3) is 0.500. The maximum atomic E-state index is 12.2. The zero-order valence-corrected chi connectivity index (χ0v) is 11.6. The third-order valence-corrected chi connectivity index (χ3v) is 3.74. The number of carbonyl (C=O) groups excluding carboxylic acids is 1. The van der Waals surface area contributed by atoms with E-state index >= 15 is 0 Å². The van der Waals surface area contributed by atoms with E-state index in [1.54, 1.807) is 0 Å². The van der Waals surface area contributed by atoms with E-state index in [1.807, 2.05) is 30.0 Å². The van der Waals surface area contributed by atoms with Gasteiger partial charge in [-0.1, -0.05) is 24.6 Å². The molecule has 0 aliphatic carbocycles. The van der Waals surface area contributed by atoms with E-state index in [0.717, 1.165) is 30.9 Å². The summed E-state index contributed by atoms with van der Waals surface area (Å²) in [4.78, 5) is 14.1. The number of hydrogen-bond donors (Lipinski definition) is 1. The number of anilines is 1. The van der Waals surface area contributed by atoms with Gasteiger partial charge in [0.15, 0.2) is 0 Å². The van der Waals surface area contributed by atoms with Crippen molar-refractivity contribution in [1.29, 1.82) is 0 Å². The molecule has 1 aliphatic rings. The number of rotatable bonds is 1. The summed E-state index contributed by atoms with van der Waals surface area (Å²) >= 11 is 6.14. The Balaban J connectivity index is 2.32. The molecule has 2 rings (SSSR count). The topological polar surface area (TPSA) is 32.3 Å². The Bertz CT molecular complexity index is 447. The molecule has 4 heteroatoms. The molecule has 0 spiro atoms. The molecule has 1 saturated heterocycles. The smallest absolute Gasteiger partial charge is 0.228 e. The molecule has 1 amide bonds. The van der Waals surface area contributed by atoms with E-state index in [2.05, 4.69) is 12.2 Å². The van der Waals surface area contributed by atoms with Crippen LogP contribution in [0.15, 0.2) is 18.2 Å². The summed E-state index contributed by atoms with van der Waals surface area (Å²) in [7, 11) is 0. The van der Waals surface area contributed by atoms with Crippen LogP contribution in [0.5, 0.6) is 0 Å². The van der Waals surface area contributed by atoms with Crippen molar-refractivity contribution < 1.29 is 4.79 Å². The predicted octanol–water partition coefficient (Wildman–Crippen LogP) is 2.61. The van der Waals surface area contributed by atoms with Gasteiger partial charge in [0.05, 0.1) is 0 Å². The quantitative estimate of drug-likeness (QED) is 0.848. The van der Waals surface area contributed by atoms with Gasteiger partial charge in [0.1, 0.15) is 0 Å². The van der Waals surface area contributed by atoms with E-state index in [1.165, 1.54) is 0 Å². The minimum absolute atomic E-state index is 0.166. The molecule has 3 nitrogen and oxygen atoms in total. The van der Waals surface area contributed by atoms with Gasteiger partial charge in [-0.05, 0) is 37.1 Å². The van der Waals surface area contributed by atoms with E-state index < -0.39 is 0 Å². The highest BCUT2D eigenvalue weighted by Gasteiger charge is 2.22. The predicted molar refractivity (Wildman–Crippen MR) is 75.2 cm³/mol. The standard InChI is InChI=1S/C14H19ClN2O/c1-10-8-16-7-6-14(18)17(9-10)13-5-3-4-12(15)11(13)2/h3-5,10,16H,6-9H2,1-2H3. The summed E-state index contributed by atoms with van der Waals surface area (Å²) in [6.45, 7) is 6.56. The van der Waals surface area contributed by atoms with Crippen LogP contribution < -0.4 is 10.2 Å². The van der Waals surface area contributed by atoms with Gasteiger partial charge in [-0.25, -0.2) is 0 Å². The average molecular weight is 267 g/mol. The first-order chi connectivity index (χ1) is 8.59. The van der Waals surface area contributed by atoms with Gasteiger partial charge in [0.2, 0.25) is 5.91 Å². The minimum Gasteiger partial charge on any atom is -0.316 e. The molecule has 0 saturated carbocycles. The second kappa shape index (κ2) is 5.72. The van der Waals surface area contributed by atoms with Crippen molar-refractivity contribution >= 4 is 23.2 Å². The molecular weight excluding hydrogens is 248 g/mol. The number of amides is 1. The molecule has 1 aliphatic heterocycles. The number of carbonyl (C=O) groups is 1. The highest BCUT2D eigenvalue weighted by Crippen LogP contribution is 2.28. The second-order valence-electron chi connectivity index (χ2n) is 4.95. The van der Waals surface area contributed by atoms with Crippen molar-refractivity contribution in [3.05, 3.63) is 28.8 Å². The van der Waals surface area contributed by atoms with E-state index in [0.29, 0.717) is 17.4 Å². The van der Waals surface area contributed by atoms with E-state index in [-0.39, 0.29) is 5.91 Å². The molecule has 0 aromatic heterocycles. The molecule has 1 aromatic rings. The molecule has 98 valence electrons. The summed E-state index contributed by atoms with van der Waals surface area (Å²) in [5.74, 6) is 0.604. The van der Waals surface area contributed by atoms with Gasteiger partial charge in [-0.2, -0.15) is 0 Å². The summed E-state index contributed by atoms with van der Waals surface area (Å²) in [5.41, 5.74) is 1.93. The van der Waals surface area contributed by atoms with Gasteiger partial charge in [-0.15, -0.1) is 0 Å². The molecule has 1 aromatic carbocycles. The summed E-state index contributed by atoms with van der Waals surface area (Å²) < 4.78 is 0. The SMILES string of the molecule is Cc1c(Cl)cccc1N1CC(C)CNCCC1=O. The van der Waals surface area contributed by atoms with Crippen molar-refractivity contribution in [2.45, 2.75) is 20.3 Å². The maximum absolute atomic E-state index is 12.2. The van der Waals surface area contributed by atoms with Crippen molar-refractivity contribution in [3.8, 4) is 0 Å². The average Bonchev–Trinajstić information content (AvgIpc) is 2.33. The van der Waals surface area contributed by atoms with E-state index in [9.17, 15) is 4.79 Å². The molecule has 1 N–H and O–H groups in total. The third kappa shape index (κ3) is 2.85. The van der Waals surface area contributed by atoms with Gasteiger partial charge in [0, 0.05) is 30.2 Å². The first kappa shape index (κ1) is 13.4. The Morgan fingerprint density at radius 2 is 2.22 bits per heavy atom. The van der Waals surface area contributed by atoms with Crippen LogP contribution in [0.1, 0.15) is 18.9 Å². The Labute approximate surface area is 113 Å². The Hall–Kier alpha value is -1.06. The lowest BCUT2D eigenvalue weighted by atomic mass is 10.1. The fourth-order valence-corrected chi connectivity index (χ4v) is 2.45. The minimum atomic E-state index is 0.166. The maximum Gasteiger partial charge on any atom is 0.228 e. The number of benzene rings is 1. The zero-order chi connectivity index (χ0) is 13.1. The molecule has 1 fully saturated rings. The highest BCUT2D eigenvalue weighted by molar-refractivity contribution is 6.31. The lowest BCUT2D eigenvalue weighted by Crippen LogP contribution is -2.42. The molecule has 0 bridgehead atoms. The number of halogens is 1. The van der Waals surface area contributed by atoms with Crippen LogP contribution in [0.4, 0.5) is 5.69 Å². The summed E-state index contributed by atoms with van der Waals surface area (Å²) in [6.07, 6.45) is 0.540. The van der Waals surface area contributed by atoms with Crippen molar-refractivity contribution in [3.63, 3.8) is 0 Å². The van der Waals surface area contributed by atoms with Crippen LogP contribution >= 0.6 is 11.6 Å². The first-order valence-corrected chi connectivity index (χ1v) is 6.73. The normalized spacial score (nSPS) is 21.6. The lowest BCUT2D eigenvalue weighted by molar-refractivity contribution is -0.118. The molecular formula is C14H19ClN2O. The van der Waals surface area contributed by atoms with Crippen LogP contribution in [0, 0.1) is 12.8 Å². The zero-order valence-electron chi connectivity index (χ0n) is 10.9. The van der Waals surface area contributed by atoms with E-state index in [4.69, 9.17) is 11.6 Å². The molecule has 1 heterocycles. The van der Waals surface area contributed by atoms with Crippen LogP contribution in [0.25, 0.3) is 0 Å². The largest absolute Gasteiger partial charge is 0.316 e. The Kier molecular flexibility index (Phi) is 4.25. The monoisotopic (exact) mass is 266 g/mol. The van der Waals surface area contributed by atoms with Crippen LogP contribution in [0.2, 0.25) is 5.02 Å². The Morgan fingerprint density at radius 3 is 3.00 bits per heavy atom. The first-order valence-electron chi connectivity index (χ1n) is 6.36. The van der Waals surface area contributed by atoms with Crippen molar-refractivity contribution in [2.24, 2.45) is 5.92 Å². The second-order valence-corrected chi connectivity index (χ2v) is 5.35. The molecule has 1 unspecified atom stereocenters. The molecule has 1 atom stereocenters. The lowest BCUT2D eigenvalue weighted by Gasteiger charge is -2.30. The number of nitrogens with one attached hydrogen (secondary N) is 1. The van der Waals surface area contributed by atoms with Crippen LogP contribution in [-0.2, 0) is 4.79 Å². The Morgan fingerprint density at radius 1 is 1.44 bits per heavy atom. The van der Waals surface area contributed by atoms with Gasteiger partial charge in [-0.3, -0.25) is 4.79 Å². The van der Waals surface area contributed by atoms with Gasteiger partial charge in [0.25, 0.3) is 0 Å². The highest BCUT2D eigenvalue weighted by atomic mass is 35.5. The van der Waals surface area contributed by atoms with Crippen molar-refractivity contribution in [1.82, 2.24) is 5.32 Å². The van der Waals surface area contributed by atoms with Crippen molar-refractivity contribution in [2.75, 3.05) is 24.5 Å². The van der Waals surface area contributed by atoms with Crippen LogP contribution in [0.3, 0.4) is 0 Å². The summed E-state index contributed by atoms with van der Waals surface area (Å²) in [5, 5.41) is 4.01. The number of nitrogens with zero attached hydrogens (tertiary/aromatic N) is 1. The molecule has 0 radical (unpaired) electrons. The number of hydrogen-bond acceptors (Lipinski definition) is 2.